The lowest BCUT2D eigenvalue weighted by Gasteiger charge is -2.10. The van der Waals surface area contributed by atoms with E-state index in [1.165, 1.54) is 12.1 Å². The van der Waals surface area contributed by atoms with Gasteiger partial charge in [0, 0.05) is 0 Å². The molecule has 0 aliphatic carbocycles. The van der Waals surface area contributed by atoms with E-state index >= 15 is 0 Å². The molecule has 2 aromatic rings. The molecular weight excluding hydrogens is 304 g/mol. The monoisotopic (exact) mass is 314 g/mol. The van der Waals surface area contributed by atoms with Gasteiger partial charge in [0.05, 0.1) is 5.56 Å². The first-order valence-electron chi connectivity index (χ1n) is 6.09. The number of benzene rings is 2. The molecule has 0 aliphatic rings. The van der Waals surface area contributed by atoms with Crippen LogP contribution >= 0.6 is 0 Å². The van der Waals surface area contributed by atoms with Crippen LogP contribution < -0.4 is 4.74 Å². The number of carboxylic acids is 1. The topological polar surface area (TPSA) is 46.5 Å². The van der Waals surface area contributed by atoms with Gasteiger partial charge in [0.2, 0.25) is 0 Å². The summed E-state index contributed by atoms with van der Waals surface area (Å²) < 4.78 is 55.5. The minimum Gasteiger partial charge on any atom is -0.488 e. The zero-order valence-corrected chi connectivity index (χ0v) is 11.0. The Balaban J connectivity index is 2.12. The summed E-state index contributed by atoms with van der Waals surface area (Å²) in [5.74, 6) is -2.14. The predicted octanol–water partition coefficient (Wildman–Crippen LogP) is 4.12. The van der Waals surface area contributed by atoms with Gasteiger partial charge in [0.1, 0.15) is 23.7 Å². The first-order chi connectivity index (χ1) is 10.3. The Kier molecular flexibility index (Phi) is 4.35. The third-order valence-electron chi connectivity index (χ3n) is 2.85. The highest BCUT2D eigenvalue weighted by Gasteiger charge is 2.29. The highest BCUT2D eigenvalue weighted by molar-refractivity contribution is 5.90. The van der Waals surface area contributed by atoms with Gasteiger partial charge in [-0.05, 0) is 35.9 Å². The standard InChI is InChI=1S/C15H10F4O3/c16-11-5-6-13(12(7-11)14(20)21)22-8-9-1-3-10(4-2-9)15(17,18)19/h1-7H,8H2,(H,20,21). The molecule has 0 bridgehead atoms. The molecule has 22 heavy (non-hydrogen) atoms. The maximum absolute atomic E-state index is 13.0. The molecule has 1 N–H and O–H groups in total. The average Bonchev–Trinajstić information content (AvgIpc) is 2.45. The summed E-state index contributed by atoms with van der Waals surface area (Å²) >= 11 is 0. The Hall–Kier alpha value is -2.57. The molecule has 0 saturated carbocycles. The average molecular weight is 314 g/mol. The number of aromatic carboxylic acids is 1. The van der Waals surface area contributed by atoms with Crippen LogP contribution in [0.4, 0.5) is 17.6 Å². The molecule has 7 heteroatoms. The van der Waals surface area contributed by atoms with Crippen molar-refractivity contribution in [1.29, 1.82) is 0 Å². The van der Waals surface area contributed by atoms with E-state index in [2.05, 4.69) is 0 Å². The van der Waals surface area contributed by atoms with E-state index in [4.69, 9.17) is 9.84 Å². The minimum absolute atomic E-state index is 0.0613. The first kappa shape index (κ1) is 15.8. The van der Waals surface area contributed by atoms with E-state index in [9.17, 15) is 22.4 Å². The van der Waals surface area contributed by atoms with Crippen molar-refractivity contribution in [3.63, 3.8) is 0 Å². The van der Waals surface area contributed by atoms with Crippen molar-refractivity contribution < 1.29 is 32.2 Å². The van der Waals surface area contributed by atoms with E-state index in [0.717, 1.165) is 30.3 Å². The van der Waals surface area contributed by atoms with Gasteiger partial charge in [0.25, 0.3) is 0 Å². The molecule has 0 radical (unpaired) electrons. The molecular formula is C15H10F4O3. The second-order valence-corrected chi connectivity index (χ2v) is 4.43. The van der Waals surface area contributed by atoms with E-state index < -0.39 is 23.5 Å². The number of rotatable bonds is 4. The Labute approximate surface area is 122 Å². The second kappa shape index (κ2) is 6.05. The zero-order valence-electron chi connectivity index (χ0n) is 11.0. The van der Waals surface area contributed by atoms with Gasteiger partial charge in [-0.1, -0.05) is 12.1 Å². The Morgan fingerprint density at radius 2 is 1.73 bits per heavy atom. The van der Waals surface area contributed by atoms with Crippen LogP contribution in [0, 0.1) is 5.82 Å². The summed E-state index contributed by atoms with van der Waals surface area (Å²) in [5.41, 5.74) is -0.718. The van der Waals surface area contributed by atoms with Crippen LogP contribution in [0.5, 0.6) is 5.75 Å². The zero-order chi connectivity index (χ0) is 16.3. The van der Waals surface area contributed by atoms with Gasteiger partial charge in [-0.3, -0.25) is 0 Å². The second-order valence-electron chi connectivity index (χ2n) is 4.43. The van der Waals surface area contributed by atoms with E-state index in [0.29, 0.717) is 5.56 Å². The molecule has 0 amide bonds. The third-order valence-corrected chi connectivity index (χ3v) is 2.85. The van der Waals surface area contributed by atoms with Gasteiger partial charge in [-0.25, -0.2) is 9.18 Å². The first-order valence-corrected chi connectivity index (χ1v) is 6.09. The maximum Gasteiger partial charge on any atom is 0.416 e. The molecule has 0 saturated heterocycles. The fraction of sp³-hybridized carbons (Fsp3) is 0.133. The van der Waals surface area contributed by atoms with Crippen LogP contribution in [0.1, 0.15) is 21.5 Å². The summed E-state index contributed by atoms with van der Waals surface area (Å²) in [6.45, 7) is -0.135. The Morgan fingerprint density at radius 1 is 1.09 bits per heavy atom. The Bertz CT molecular complexity index is 678. The van der Waals surface area contributed by atoms with E-state index in [1.54, 1.807) is 0 Å². The third kappa shape index (κ3) is 3.75. The Morgan fingerprint density at radius 3 is 2.27 bits per heavy atom. The van der Waals surface area contributed by atoms with Crippen molar-refractivity contribution >= 4 is 5.97 Å². The molecule has 0 unspecified atom stereocenters. The van der Waals surface area contributed by atoms with Crippen LogP contribution in [0.25, 0.3) is 0 Å². The van der Waals surface area contributed by atoms with Crippen molar-refractivity contribution in [2.24, 2.45) is 0 Å². The fourth-order valence-corrected chi connectivity index (χ4v) is 1.75. The largest absolute Gasteiger partial charge is 0.488 e. The van der Waals surface area contributed by atoms with Crippen LogP contribution in [-0.4, -0.2) is 11.1 Å². The molecule has 2 aromatic carbocycles. The van der Waals surface area contributed by atoms with E-state index in [1.807, 2.05) is 0 Å². The van der Waals surface area contributed by atoms with Crippen LogP contribution in [0.15, 0.2) is 42.5 Å². The van der Waals surface area contributed by atoms with Gasteiger partial charge in [-0.15, -0.1) is 0 Å². The quantitative estimate of drug-likeness (QED) is 0.864. The summed E-state index contributed by atoms with van der Waals surface area (Å²) in [6, 6.07) is 7.27. The molecule has 2 rings (SSSR count). The number of ether oxygens (including phenoxy) is 1. The highest BCUT2D eigenvalue weighted by Crippen LogP contribution is 2.29. The molecule has 0 spiro atoms. The summed E-state index contributed by atoms with van der Waals surface area (Å²) in [7, 11) is 0. The number of carbonyl (C=O) groups is 1. The van der Waals surface area contributed by atoms with Gasteiger partial charge in [0.15, 0.2) is 0 Å². The van der Waals surface area contributed by atoms with Gasteiger partial charge in [-0.2, -0.15) is 13.2 Å². The molecule has 116 valence electrons. The number of halogens is 4. The number of carboxylic acid groups (broad SMARTS) is 1. The minimum atomic E-state index is -4.42. The predicted molar refractivity (Wildman–Crippen MR) is 69.1 cm³/mol. The number of hydrogen-bond acceptors (Lipinski definition) is 2. The normalized spacial score (nSPS) is 11.3. The van der Waals surface area contributed by atoms with Gasteiger partial charge < -0.3 is 9.84 Å². The lowest BCUT2D eigenvalue weighted by molar-refractivity contribution is -0.137. The summed E-state index contributed by atoms with van der Waals surface area (Å²) in [4.78, 5) is 11.0. The lowest BCUT2D eigenvalue weighted by atomic mass is 10.1. The molecule has 0 heterocycles. The molecule has 3 nitrogen and oxygen atoms in total. The lowest BCUT2D eigenvalue weighted by Crippen LogP contribution is -2.06. The van der Waals surface area contributed by atoms with Gasteiger partial charge >= 0.3 is 12.1 Å². The van der Waals surface area contributed by atoms with Crippen molar-refractivity contribution in [2.45, 2.75) is 12.8 Å². The summed E-state index contributed by atoms with van der Waals surface area (Å²) in [5, 5.41) is 8.94. The van der Waals surface area contributed by atoms with Crippen molar-refractivity contribution in [3.05, 3.63) is 65.0 Å². The number of alkyl halides is 3. The molecule has 0 fully saturated rings. The smallest absolute Gasteiger partial charge is 0.416 e. The maximum atomic E-state index is 13.0. The number of hydrogen-bond donors (Lipinski definition) is 1. The molecule has 0 atom stereocenters. The van der Waals surface area contributed by atoms with Crippen molar-refractivity contribution in [3.8, 4) is 5.75 Å². The molecule has 0 aromatic heterocycles. The van der Waals surface area contributed by atoms with Crippen LogP contribution in [0.3, 0.4) is 0 Å². The van der Waals surface area contributed by atoms with E-state index in [-0.39, 0.29) is 17.9 Å². The summed E-state index contributed by atoms with van der Waals surface area (Å²) in [6.07, 6.45) is -4.42. The van der Waals surface area contributed by atoms with Crippen molar-refractivity contribution in [2.75, 3.05) is 0 Å². The molecule has 0 aliphatic heterocycles. The highest BCUT2D eigenvalue weighted by atomic mass is 19.4. The van der Waals surface area contributed by atoms with Crippen LogP contribution in [-0.2, 0) is 12.8 Å². The SMILES string of the molecule is O=C(O)c1cc(F)ccc1OCc1ccc(C(F)(F)F)cc1. The van der Waals surface area contributed by atoms with Crippen molar-refractivity contribution in [1.82, 2.24) is 0 Å². The van der Waals surface area contributed by atoms with Crippen LogP contribution in [0.2, 0.25) is 0 Å². The fourth-order valence-electron chi connectivity index (χ4n) is 1.75.